The number of rotatable bonds is 6. The van der Waals surface area contributed by atoms with Gasteiger partial charge in [-0.25, -0.2) is 15.0 Å². The van der Waals surface area contributed by atoms with Crippen LogP contribution < -0.4 is 5.73 Å². The summed E-state index contributed by atoms with van der Waals surface area (Å²) in [6.07, 6.45) is -2.76. The number of aliphatic carboxylic acids is 1. The summed E-state index contributed by atoms with van der Waals surface area (Å²) in [5.74, 6) is -1.71. The van der Waals surface area contributed by atoms with Gasteiger partial charge in [0.15, 0.2) is 17.7 Å². The van der Waals surface area contributed by atoms with Crippen LogP contribution in [0.4, 0.5) is 5.82 Å². The van der Waals surface area contributed by atoms with Crippen molar-refractivity contribution in [1.82, 2.24) is 19.5 Å². The zero-order chi connectivity index (χ0) is 20.8. The van der Waals surface area contributed by atoms with Gasteiger partial charge in [-0.1, -0.05) is 13.8 Å². The molecular formula is C16H23N5O7. The Labute approximate surface area is 159 Å². The highest BCUT2D eigenvalue weighted by Crippen LogP contribution is 2.32. The van der Waals surface area contributed by atoms with Crippen molar-refractivity contribution in [3.8, 4) is 0 Å². The minimum absolute atomic E-state index is 0.158. The van der Waals surface area contributed by atoms with E-state index in [1.807, 2.05) is 13.8 Å². The number of hydrogen-bond acceptors (Lipinski definition) is 10. The summed E-state index contributed by atoms with van der Waals surface area (Å²) in [4.78, 5) is 33.8. The van der Waals surface area contributed by atoms with Crippen molar-refractivity contribution in [2.45, 2.75) is 51.2 Å². The van der Waals surface area contributed by atoms with Gasteiger partial charge >= 0.3 is 11.9 Å². The number of nitrogens with zero attached hydrogens (tertiary/aromatic N) is 4. The second-order valence-corrected chi connectivity index (χ2v) is 5.71. The van der Waals surface area contributed by atoms with Gasteiger partial charge in [0.2, 0.25) is 0 Å². The van der Waals surface area contributed by atoms with E-state index in [9.17, 15) is 19.8 Å². The summed E-state index contributed by atoms with van der Waals surface area (Å²) in [7, 11) is 0. The van der Waals surface area contributed by atoms with Crippen molar-refractivity contribution in [1.29, 1.82) is 0 Å². The Morgan fingerprint density at radius 2 is 1.93 bits per heavy atom. The Balaban J connectivity index is 0.00000136. The van der Waals surface area contributed by atoms with Crippen LogP contribution in [0, 0.1) is 0 Å². The molecule has 4 atom stereocenters. The molecule has 0 saturated carbocycles. The minimum atomic E-state index is -1.33. The third-order valence-corrected chi connectivity index (χ3v) is 3.95. The van der Waals surface area contributed by atoms with Crippen molar-refractivity contribution < 1.29 is 34.4 Å². The van der Waals surface area contributed by atoms with Crippen LogP contribution in [0.1, 0.15) is 32.9 Å². The quantitative estimate of drug-likeness (QED) is 0.459. The first-order valence-corrected chi connectivity index (χ1v) is 8.70. The van der Waals surface area contributed by atoms with Crippen LogP contribution in [0.15, 0.2) is 12.7 Å². The molecule has 1 aliphatic rings. The maximum absolute atomic E-state index is 11.5. The molecule has 12 heteroatoms. The van der Waals surface area contributed by atoms with Crippen molar-refractivity contribution in [3.05, 3.63) is 12.7 Å². The molecule has 0 spiro atoms. The van der Waals surface area contributed by atoms with E-state index in [-0.39, 0.29) is 25.3 Å². The number of carboxylic acids is 1. The maximum Gasteiger partial charge on any atom is 0.306 e. The summed E-state index contributed by atoms with van der Waals surface area (Å²) in [6.45, 7) is 3.66. The van der Waals surface area contributed by atoms with Gasteiger partial charge in [0.1, 0.15) is 36.8 Å². The highest BCUT2D eigenvalue weighted by molar-refractivity contribution is 5.81. The molecule has 2 aromatic rings. The van der Waals surface area contributed by atoms with Gasteiger partial charge in [-0.05, 0) is 0 Å². The average Bonchev–Trinajstić information content (AvgIpc) is 3.23. The number of ether oxygens (including phenoxy) is 2. The van der Waals surface area contributed by atoms with Crippen LogP contribution in [0.25, 0.3) is 11.2 Å². The number of fused-ring (bicyclic) bond motifs is 1. The number of aliphatic hydroxyl groups excluding tert-OH is 2. The Kier molecular flexibility index (Phi) is 7.20. The van der Waals surface area contributed by atoms with Crippen LogP contribution in [0.3, 0.4) is 0 Å². The first kappa shape index (κ1) is 21.5. The summed E-state index contributed by atoms with van der Waals surface area (Å²) >= 11 is 0. The third kappa shape index (κ3) is 4.52. The van der Waals surface area contributed by atoms with Crippen molar-refractivity contribution in [2.24, 2.45) is 0 Å². The number of aromatic nitrogens is 4. The molecule has 4 unspecified atom stereocenters. The molecule has 1 fully saturated rings. The predicted molar refractivity (Wildman–Crippen MR) is 94.8 cm³/mol. The Morgan fingerprint density at radius 3 is 2.61 bits per heavy atom. The van der Waals surface area contributed by atoms with Crippen molar-refractivity contribution >= 4 is 28.9 Å². The molecule has 154 valence electrons. The second kappa shape index (κ2) is 9.39. The van der Waals surface area contributed by atoms with E-state index < -0.39 is 36.5 Å². The predicted octanol–water partition coefficient (Wildman–Crippen LogP) is -0.538. The number of carbonyl (C=O) groups is 2. The molecule has 1 saturated heterocycles. The molecule has 3 heterocycles. The Bertz CT molecular complexity index is 827. The maximum atomic E-state index is 11.5. The lowest BCUT2D eigenvalue weighted by Crippen LogP contribution is -2.34. The monoisotopic (exact) mass is 397 g/mol. The summed E-state index contributed by atoms with van der Waals surface area (Å²) in [5.41, 5.74) is 6.34. The molecule has 2 aromatic heterocycles. The van der Waals surface area contributed by atoms with Crippen molar-refractivity contribution in [3.63, 3.8) is 0 Å². The van der Waals surface area contributed by atoms with Crippen LogP contribution in [0.5, 0.6) is 0 Å². The minimum Gasteiger partial charge on any atom is -0.481 e. The summed E-state index contributed by atoms with van der Waals surface area (Å²) < 4.78 is 11.9. The lowest BCUT2D eigenvalue weighted by atomic mass is 10.1. The SMILES string of the molecule is CC.Nc1ncnc2c1ncn2C1OC(COC(=O)CCC(=O)O)C(O)C1O. The van der Waals surface area contributed by atoms with E-state index in [0.717, 1.165) is 0 Å². The second-order valence-electron chi connectivity index (χ2n) is 5.71. The smallest absolute Gasteiger partial charge is 0.306 e. The number of hydrogen-bond donors (Lipinski definition) is 4. The van der Waals surface area contributed by atoms with E-state index in [2.05, 4.69) is 15.0 Å². The largest absolute Gasteiger partial charge is 0.481 e. The average molecular weight is 397 g/mol. The first-order valence-electron chi connectivity index (χ1n) is 8.70. The number of anilines is 1. The number of nitrogens with two attached hydrogens (primary N) is 1. The number of carboxylic acid groups (broad SMARTS) is 1. The number of imidazole rings is 1. The van der Waals surface area contributed by atoms with Gasteiger partial charge in [0.25, 0.3) is 0 Å². The van der Waals surface area contributed by atoms with Gasteiger partial charge in [-0.3, -0.25) is 14.2 Å². The van der Waals surface area contributed by atoms with Crippen LogP contribution in [-0.4, -0.2) is 71.7 Å². The highest BCUT2D eigenvalue weighted by Gasteiger charge is 2.44. The molecule has 0 bridgehead atoms. The van der Waals surface area contributed by atoms with Gasteiger partial charge < -0.3 is 30.5 Å². The lowest BCUT2D eigenvalue weighted by molar-refractivity contribution is -0.152. The van der Waals surface area contributed by atoms with Gasteiger partial charge in [-0.2, -0.15) is 0 Å². The van der Waals surface area contributed by atoms with E-state index in [4.69, 9.17) is 20.3 Å². The fourth-order valence-corrected chi connectivity index (χ4v) is 2.61. The van der Waals surface area contributed by atoms with Gasteiger partial charge in [0.05, 0.1) is 19.2 Å². The van der Waals surface area contributed by atoms with Gasteiger partial charge in [0, 0.05) is 0 Å². The Morgan fingerprint density at radius 1 is 1.21 bits per heavy atom. The molecule has 0 aliphatic carbocycles. The van der Waals surface area contributed by atoms with E-state index in [1.54, 1.807) is 0 Å². The number of nitrogen functional groups attached to an aromatic ring is 1. The number of carbonyl (C=O) groups excluding carboxylic acids is 1. The van der Waals surface area contributed by atoms with Crippen LogP contribution in [0.2, 0.25) is 0 Å². The van der Waals surface area contributed by atoms with Crippen LogP contribution in [-0.2, 0) is 19.1 Å². The topological polar surface area (TPSA) is 183 Å². The molecule has 0 amide bonds. The fourth-order valence-electron chi connectivity index (χ4n) is 2.61. The normalized spacial score (nSPS) is 23.9. The lowest BCUT2D eigenvalue weighted by Gasteiger charge is -2.16. The molecule has 28 heavy (non-hydrogen) atoms. The van der Waals surface area contributed by atoms with Gasteiger partial charge in [-0.15, -0.1) is 0 Å². The van der Waals surface area contributed by atoms with E-state index in [1.165, 1.54) is 17.2 Å². The molecule has 3 rings (SSSR count). The standard InChI is InChI=1S/C14H17N5O7.C2H6/c15-12-9-13(17-4-16-12)19(5-18-9)14-11(24)10(23)6(26-14)3-25-8(22)2-1-7(20)21;1-2/h4-6,10-11,14,23-24H,1-3H2,(H,20,21)(H2,15,16,17);1-2H3. The molecular weight excluding hydrogens is 374 g/mol. The molecule has 0 aromatic carbocycles. The van der Waals surface area contributed by atoms with E-state index >= 15 is 0 Å². The van der Waals surface area contributed by atoms with Crippen LogP contribution >= 0.6 is 0 Å². The zero-order valence-corrected chi connectivity index (χ0v) is 15.4. The molecule has 5 N–H and O–H groups in total. The number of aliphatic hydroxyl groups is 2. The summed E-state index contributed by atoms with van der Waals surface area (Å²) in [6, 6.07) is 0. The third-order valence-electron chi connectivity index (χ3n) is 3.95. The van der Waals surface area contributed by atoms with Crippen molar-refractivity contribution in [2.75, 3.05) is 12.3 Å². The molecule has 1 aliphatic heterocycles. The summed E-state index contributed by atoms with van der Waals surface area (Å²) in [5, 5.41) is 28.9. The molecule has 0 radical (unpaired) electrons. The van der Waals surface area contributed by atoms with E-state index in [0.29, 0.717) is 11.2 Å². The molecule has 12 nitrogen and oxygen atoms in total. The highest BCUT2D eigenvalue weighted by atomic mass is 16.6. The zero-order valence-electron chi connectivity index (χ0n) is 15.4. The Hall–Kier alpha value is -2.83. The number of esters is 1. The first-order chi connectivity index (χ1) is 13.4. The fraction of sp³-hybridized carbons (Fsp3) is 0.562.